The van der Waals surface area contributed by atoms with E-state index in [4.69, 9.17) is 9.47 Å². The summed E-state index contributed by atoms with van der Waals surface area (Å²) in [6, 6.07) is 0. The van der Waals surface area contributed by atoms with E-state index in [1.165, 1.54) is 13.8 Å². The molecular weight excluding hydrogens is 254 g/mol. The van der Waals surface area contributed by atoms with Crippen molar-refractivity contribution in [1.29, 1.82) is 0 Å². The van der Waals surface area contributed by atoms with Crippen LogP contribution in [0.25, 0.3) is 0 Å². The van der Waals surface area contributed by atoms with Gasteiger partial charge in [0.15, 0.2) is 6.10 Å². The minimum absolute atomic E-state index is 0.119. The summed E-state index contributed by atoms with van der Waals surface area (Å²) < 4.78 is 9.74. The molecular formula is C12H19NO6. The molecule has 1 unspecified atom stereocenters. The first-order chi connectivity index (χ1) is 8.56. The number of ether oxygens (including phenoxy) is 2. The van der Waals surface area contributed by atoms with Crippen molar-refractivity contribution >= 4 is 23.8 Å². The summed E-state index contributed by atoms with van der Waals surface area (Å²) in [6.45, 7) is 6.60. The third kappa shape index (κ3) is 6.54. The van der Waals surface area contributed by atoms with Crippen molar-refractivity contribution in [3.05, 3.63) is 0 Å². The minimum atomic E-state index is -1.23. The van der Waals surface area contributed by atoms with Crippen molar-refractivity contribution in [2.45, 2.75) is 40.7 Å². The van der Waals surface area contributed by atoms with Gasteiger partial charge in [-0.25, -0.2) is 0 Å². The summed E-state index contributed by atoms with van der Waals surface area (Å²) in [5.74, 6) is -2.49. The molecule has 0 aliphatic rings. The Hall–Kier alpha value is -1.92. The van der Waals surface area contributed by atoms with Gasteiger partial charge in [-0.2, -0.15) is 0 Å². The van der Waals surface area contributed by atoms with Crippen LogP contribution in [-0.2, 0) is 28.7 Å². The van der Waals surface area contributed by atoms with Crippen LogP contribution in [0.3, 0.4) is 0 Å². The van der Waals surface area contributed by atoms with Crippen molar-refractivity contribution in [3.8, 4) is 0 Å². The highest BCUT2D eigenvalue weighted by Gasteiger charge is 2.39. The number of esters is 2. The van der Waals surface area contributed by atoms with Gasteiger partial charge in [-0.1, -0.05) is 13.8 Å². The largest absolute Gasteiger partial charge is 0.465 e. The maximum atomic E-state index is 11.8. The van der Waals surface area contributed by atoms with Gasteiger partial charge < -0.3 is 9.47 Å². The van der Waals surface area contributed by atoms with E-state index in [-0.39, 0.29) is 6.61 Å². The van der Waals surface area contributed by atoms with E-state index in [0.29, 0.717) is 0 Å². The highest BCUT2D eigenvalue weighted by molar-refractivity contribution is 5.97. The molecule has 0 heterocycles. The monoisotopic (exact) mass is 273 g/mol. The summed E-state index contributed by atoms with van der Waals surface area (Å²) in [5.41, 5.74) is -0.961. The molecule has 0 spiro atoms. The van der Waals surface area contributed by atoms with Crippen molar-refractivity contribution in [2.24, 2.45) is 5.41 Å². The highest BCUT2D eigenvalue weighted by Crippen LogP contribution is 2.24. The van der Waals surface area contributed by atoms with Crippen LogP contribution in [0.5, 0.6) is 0 Å². The Labute approximate surface area is 111 Å². The second kappa shape index (κ2) is 6.86. The van der Waals surface area contributed by atoms with Gasteiger partial charge in [-0.05, 0) is 0 Å². The molecule has 7 nitrogen and oxygen atoms in total. The van der Waals surface area contributed by atoms with Crippen LogP contribution < -0.4 is 5.32 Å². The van der Waals surface area contributed by atoms with Crippen LogP contribution in [0.2, 0.25) is 0 Å². The molecule has 0 bridgehead atoms. The Morgan fingerprint density at radius 1 is 1.05 bits per heavy atom. The highest BCUT2D eigenvalue weighted by atomic mass is 16.6. The van der Waals surface area contributed by atoms with E-state index in [1.807, 2.05) is 5.32 Å². The maximum Gasteiger partial charge on any atom is 0.303 e. The van der Waals surface area contributed by atoms with Gasteiger partial charge in [0.1, 0.15) is 6.61 Å². The molecule has 1 atom stereocenters. The molecule has 0 rings (SSSR count). The lowest BCUT2D eigenvalue weighted by atomic mass is 9.86. The lowest BCUT2D eigenvalue weighted by Crippen LogP contribution is -2.49. The van der Waals surface area contributed by atoms with Crippen LogP contribution in [0.4, 0.5) is 0 Å². The van der Waals surface area contributed by atoms with Gasteiger partial charge in [0.05, 0.1) is 0 Å². The molecule has 108 valence electrons. The fraction of sp³-hybridized carbons (Fsp3) is 0.667. The molecule has 0 aromatic rings. The first kappa shape index (κ1) is 17.1. The second-order valence-corrected chi connectivity index (χ2v) is 4.80. The van der Waals surface area contributed by atoms with Gasteiger partial charge in [-0.3, -0.25) is 24.5 Å². The summed E-state index contributed by atoms with van der Waals surface area (Å²) >= 11 is 0. The number of hydrogen-bond acceptors (Lipinski definition) is 6. The van der Waals surface area contributed by atoms with Crippen LogP contribution in [0, 0.1) is 5.41 Å². The molecule has 19 heavy (non-hydrogen) atoms. The molecule has 7 heteroatoms. The van der Waals surface area contributed by atoms with E-state index in [9.17, 15) is 19.2 Å². The van der Waals surface area contributed by atoms with Crippen molar-refractivity contribution in [1.82, 2.24) is 5.32 Å². The van der Waals surface area contributed by atoms with E-state index in [1.54, 1.807) is 13.8 Å². The molecule has 0 saturated heterocycles. The number of rotatable bonds is 5. The minimum Gasteiger partial charge on any atom is -0.465 e. The Morgan fingerprint density at radius 3 is 1.95 bits per heavy atom. The number of imide groups is 1. The number of carbonyl (C=O) groups is 4. The summed E-state index contributed by atoms with van der Waals surface area (Å²) in [5, 5.41) is 2.05. The molecule has 0 saturated carbocycles. The molecule has 0 fully saturated rings. The number of hydrogen-bond donors (Lipinski definition) is 1. The molecule has 2 amide bonds. The van der Waals surface area contributed by atoms with Crippen molar-refractivity contribution in [3.63, 3.8) is 0 Å². The van der Waals surface area contributed by atoms with Gasteiger partial charge in [0.2, 0.25) is 5.91 Å². The number of carbonyl (C=O) groups excluding carboxylic acids is 4. The van der Waals surface area contributed by atoms with E-state index >= 15 is 0 Å². The average Bonchev–Trinajstić information content (AvgIpc) is 2.21. The zero-order valence-electron chi connectivity index (χ0n) is 11.7. The molecule has 0 aromatic carbocycles. The second-order valence-electron chi connectivity index (χ2n) is 4.80. The van der Waals surface area contributed by atoms with Gasteiger partial charge in [0.25, 0.3) is 5.91 Å². The smallest absolute Gasteiger partial charge is 0.303 e. The SMILES string of the molecule is CC(=O)NC(=O)C(OC(C)=O)C(C)(C)COC(C)=O. The third-order valence-electron chi connectivity index (χ3n) is 2.18. The fourth-order valence-electron chi connectivity index (χ4n) is 1.34. The first-order valence-corrected chi connectivity index (χ1v) is 5.68. The summed E-state index contributed by atoms with van der Waals surface area (Å²) in [7, 11) is 0. The average molecular weight is 273 g/mol. The molecule has 0 radical (unpaired) electrons. The molecule has 0 aromatic heterocycles. The predicted molar refractivity (Wildman–Crippen MR) is 64.8 cm³/mol. The van der Waals surface area contributed by atoms with Crippen molar-refractivity contribution in [2.75, 3.05) is 6.61 Å². The lowest BCUT2D eigenvalue weighted by Gasteiger charge is -2.31. The molecule has 0 aliphatic heterocycles. The standard InChI is InChI=1S/C12H19NO6/c1-7(14)13-11(17)10(19-9(3)16)12(4,5)6-18-8(2)15/h10H,6H2,1-5H3,(H,13,14,17). The van der Waals surface area contributed by atoms with Gasteiger partial charge >= 0.3 is 11.9 Å². The molecule has 1 N–H and O–H groups in total. The Kier molecular flexibility index (Phi) is 6.17. The Bertz CT molecular complexity index is 388. The van der Waals surface area contributed by atoms with Crippen LogP contribution >= 0.6 is 0 Å². The third-order valence-corrected chi connectivity index (χ3v) is 2.18. The van der Waals surface area contributed by atoms with E-state index in [2.05, 4.69) is 0 Å². The normalized spacial score (nSPS) is 12.3. The molecule has 0 aliphatic carbocycles. The van der Waals surface area contributed by atoms with E-state index < -0.39 is 35.3 Å². The fourth-order valence-corrected chi connectivity index (χ4v) is 1.34. The van der Waals surface area contributed by atoms with Gasteiger partial charge in [-0.15, -0.1) is 0 Å². The van der Waals surface area contributed by atoms with Gasteiger partial charge in [0, 0.05) is 26.2 Å². The Balaban J connectivity index is 4.99. The summed E-state index contributed by atoms with van der Waals surface area (Å²) in [4.78, 5) is 44.5. The summed E-state index contributed by atoms with van der Waals surface area (Å²) in [6.07, 6.45) is -1.23. The van der Waals surface area contributed by atoms with Crippen LogP contribution in [0.1, 0.15) is 34.6 Å². The predicted octanol–water partition coefficient (Wildman–Crippen LogP) is 0.170. The number of amides is 2. The number of nitrogens with one attached hydrogen (secondary N) is 1. The topological polar surface area (TPSA) is 98.8 Å². The maximum absolute atomic E-state index is 11.8. The van der Waals surface area contributed by atoms with Crippen LogP contribution in [0.15, 0.2) is 0 Å². The Morgan fingerprint density at radius 2 is 1.58 bits per heavy atom. The quantitative estimate of drug-likeness (QED) is 0.717. The lowest BCUT2D eigenvalue weighted by molar-refractivity contribution is -0.167. The zero-order chi connectivity index (χ0) is 15.2. The van der Waals surface area contributed by atoms with Crippen molar-refractivity contribution < 1.29 is 28.7 Å². The first-order valence-electron chi connectivity index (χ1n) is 5.68. The van der Waals surface area contributed by atoms with Crippen LogP contribution in [-0.4, -0.2) is 36.5 Å². The van der Waals surface area contributed by atoms with E-state index in [0.717, 1.165) is 6.92 Å². The zero-order valence-corrected chi connectivity index (χ0v) is 11.7.